The molecule has 2 N–H and O–H groups in total. The molecule has 0 spiro atoms. The SMILES string of the molecule is C=C(C)[C@@H]1CCC(C(=O)OC(C)C)=C[C@H]1c1c(O)cc(CCCCC)cc1O. The number of carbonyl (C=O) groups is 1. The van der Waals surface area contributed by atoms with E-state index in [1.165, 1.54) is 0 Å². The highest BCUT2D eigenvalue weighted by Gasteiger charge is 2.33. The molecule has 0 saturated heterocycles. The maximum absolute atomic E-state index is 12.4. The minimum absolute atomic E-state index is 0.0540. The first-order chi connectivity index (χ1) is 13.2. The summed E-state index contributed by atoms with van der Waals surface area (Å²) in [7, 11) is 0. The molecule has 28 heavy (non-hydrogen) atoms. The molecule has 0 amide bonds. The number of aromatic hydroxyl groups is 2. The third-order valence-electron chi connectivity index (χ3n) is 5.38. The molecule has 0 heterocycles. The highest BCUT2D eigenvalue weighted by atomic mass is 16.5. The Morgan fingerprint density at radius 2 is 1.89 bits per heavy atom. The predicted octanol–water partition coefficient (Wildman–Crippen LogP) is 5.78. The number of ether oxygens (including phenoxy) is 1. The number of esters is 1. The van der Waals surface area contributed by atoms with Crippen molar-refractivity contribution >= 4 is 5.97 Å². The van der Waals surface area contributed by atoms with Crippen LogP contribution in [-0.4, -0.2) is 22.3 Å². The summed E-state index contributed by atoms with van der Waals surface area (Å²) in [5.74, 6) is -0.408. The summed E-state index contributed by atoms with van der Waals surface area (Å²) >= 11 is 0. The topological polar surface area (TPSA) is 66.8 Å². The number of phenolic OH excluding ortho intramolecular Hbond substituents is 2. The largest absolute Gasteiger partial charge is 0.507 e. The lowest BCUT2D eigenvalue weighted by atomic mass is 9.73. The molecule has 0 fully saturated rings. The van der Waals surface area contributed by atoms with Gasteiger partial charge >= 0.3 is 5.97 Å². The fourth-order valence-corrected chi connectivity index (χ4v) is 3.95. The lowest BCUT2D eigenvalue weighted by Crippen LogP contribution is -2.22. The van der Waals surface area contributed by atoms with E-state index in [0.29, 0.717) is 17.6 Å². The van der Waals surface area contributed by atoms with Gasteiger partial charge in [0.25, 0.3) is 0 Å². The number of hydrogen-bond donors (Lipinski definition) is 2. The summed E-state index contributed by atoms with van der Waals surface area (Å²) in [5, 5.41) is 21.4. The average Bonchev–Trinajstić information content (AvgIpc) is 2.60. The molecule has 2 rings (SSSR count). The molecular formula is C24H34O4. The zero-order valence-corrected chi connectivity index (χ0v) is 17.6. The smallest absolute Gasteiger partial charge is 0.333 e. The molecule has 1 aliphatic rings. The van der Waals surface area contributed by atoms with Gasteiger partial charge < -0.3 is 14.9 Å². The molecule has 2 atom stereocenters. The van der Waals surface area contributed by atoms with Crippen LogP contribution < -0.4 is 0 Å². The van der Waals surface area contributed by atoms with Crippen molar-refractivity contribution in [3.05, 3.63) is 47.1 Å². The number of phenols is 2. The van der Waals surface area contributed by atoms with E-state index in [1.54, 1.807) is 12.1 Å². The molecule has 4 heteroatoms. The summed E-state index contributed by atoms with van der Waals surface area (Å²) in [4.78, 5) is 12.4. The van der Waals surface area contributed by atoms with Crippen LogP contribution in [0, 0.1) is 5.92 Å². The molecule has 0 unspecified atom stereocenters. The average molecular weight is 387 g/mol. The number of benzene rings is 1. The van der Waals surface area contributed by atoms with E-state index in [-0.39, 0.29) is 35.4 Å². The van der Waals surface area contributed by atoms with Gasteiger partial charge in [0.1, 0.15) is 11.5 Å². The monoisotopic (exact) mass is 386 g/mol. The maximum Gasteiger partial charge on any atom is 0.333 e. The first-order valence-corrected chi connectivity index (χ1v) is 10.4. The van der Waals surface area contributed by atoms with Crippen LogP contribution in [0.2, 0.25) is 0 Å². The number of hydrogen-bond acceptors (Lipinski definition) is 4. The maximum atomic E-state index is 12.4. The van der Waals surface area contributed by atoms with Gasteiger partial charge in [-0.1, -0.05) is 38.0 Å². The van der Waals surface area contributed by atoms with Gasteiger partial charge in [-0.05, 0) is 70.1 Å². The van der Waals surface area contributed by atoms with Gasteiger partial charge in [-0.2, -0.15) is 0 Å². The van der Waals surface area contributed by atoms with Crippen molar-refractivity contribution in [2.24, 2.45) is 5.92 Å². The summed E-state index contributed by atoms with van der Waals surface area (Å²) in [6.45, 7) is 11.8. The Morgan fingerprint density at radius 1 is 1.25 bits per heavy atom. The lowest BCUT2D eigenvalue weighted by Gasteiger charge is -2.31. The number of rotatable bonds is 8. The number of allylic oxidation sites excluding steroid dienone is 2. The van der Waals surface area contributed by atoms with Crippen LogP contribution in [0.4, 0.5) is 0 Å². The zero-order valence-electron chi connectivity index (χ0n) is 17.6. The molecule has 1 aromatic rings. The van der Waals surface area contributed by atoms with Crippen molar-refractivity contribution in [3.8, 4) is 11.5 Å². The Morgan fingerprint density at radius 3 is 2.43 bits per heavy atom. The zero-order chi connectivity index (χ0) is 20.8. The van der Waals surface area contributed by atoms with Crippen molar-refractivity contribution in [2.45, 2.75) is 78.2 Å². The second-order valence-corrected chi connectivity index (χ2v) is 8.17. The van der Waals surface area contributed by atoms with Crippen LogP contribution in [0.5, 0.6) is 11.5 Å². The van der Waals surface area contributed by atoms with E-state index in [9.17, 15) is 15.0 Å². The fraction of sp³-hybridized carbons (Fsp3) is 0.542. The highest BCUT2D eigenvalue weighted by molar-refractivity contribution is 5.89. The number of unbranched alkanes of at least 4 members (excludes halogenated alkanes) is 2. The van der Waals surface area contributed by atoms with Crippen LogP contribution in [0.25, 0.3) is 0 Å². The van der Waals surface area contributed by atoms with Gasteiger partial charge in [0.05, 0.1) is 6.10 Å². The minimum Gasteiger partial charge on any atom is -0.507 e. The molecule has 0 saturated carbocycles. The standard InChI is InChI=1S/C24H34O4/c1-6-7-8-9-17-12-21(25)23(22(26)13-17)20-14-18(24(27)28-16(4)5)10-11-19(20)15(2)3/h12-14,16,19-20,25-26H,2,6-11H2,1,3-5H3/t19-,20+/m0/s1. The first-order valence-electron chi connectivity index (χ1n) is 10.4. The normalized spacial score (nSPS) is 19.4. The van der Waals surface area contributed by atoms with Crippen LogP contribution in [0.15, 0.2) is 35.9 Å². The lowest BCUT2D eigenvalue weighted by molar-refractivity contribution is -0.143. The molecule has 0 radical (unpaired) electrons. The van der Waals surface area contributed by atoms with Crippen molar-refractivity contribution in [2.75, 3.05) is 0 Å². The van der Waals surface area contributed by atoms with Gasteiger partial charge in [0, 0.05) is 17.1 Å². The third kappa shape index (κ3) is 5.40. The third-order valence-corrected chi connectivity index (χ3v) is 5.38. The molecule has 1 aliphatic carbocycles. The summed E-state index contributed by atoms with van der Waals surface area (Å²) in [6, 6.07) is 3.49. The molecule has 0 aromatic heterocycles. The molecule has 4 nitrogen and oxygen atoms in total. The summed E-state index contributed by atoms with van der Waals surface area (Å²) in [6.07, 6.45) is 7.09. The Balaban J connectivity index is 2.39. The van der Waals surface area contributed by atoms with Crippen molar-refractivity contribution in [3.63, 3.8) is 0 Å². The Kier molecular flexibility index (Phi) is 7.73. The van der Waals surface area contributed by atoms with E-state index in [0.717, 1.165) is 43.2 Å². The van der Waals surface area contributed by atoms with Gasteiger partial charge in [-0.3, -0.25) is 0 Å². The molecule has 154 valence electrons. The van der Waals surface area contributed by atoms with Crippen LogP contribution >= 0.6 is 0 Å². The molecule has 0 aliphatic heterocycles. The highest BCUT2D eigenvalue weighted by Crippen LogP contribution is 2.46. The Labute approximate surface area is 168 Å². The van der Waals surface area contributed by atoms with E-state index in [1.807, 2.05) is 26.8 Å². The van der Waals surface area contributed by atoms with Crippen LogP contribution in [0.1, 0.15) is 76.8 Å². The van der Waals surface area contributed by atoms with Gasteiger partial charge in [-0.25, -0.2) is 4.79 Å². The van der Waals surface area contributed by atoms with Crippen LogP contribution in [-0.2, 0) is 16.0 Å². The number of aryl methyl sites for hydroxylation is 1. The molecule has 0 bridgehead atoms. The van der Waals surface area contributed by atoms with Crippen molar-refractivity contribution in [1.29, 1.82) is 0 Å². The Hall–Kier alpha value is -2.23. The summed E-state index contributed by atoms with van der Waals surface area (Å²) in [5.41, 5.74) is 2.98. The first kappa shape index (κ1) is 22.1. The van der Waals surface area contributed by atoms with Crippen molar-refractivity contribution in [1.82, 2.24) is 0 Å². The summed E-state index contributed by atoms with van der Waals surface area (Å²) < 4.78 is 5.35. The van der Waals surface area contributed by atoms with E-state index < -0.39 is 0 Å². The molecular weight excluding hydrogens is 352 g/mol. The van der Waals surface area contributed by atoms with Crippen LogP contribution in [0.3, 0.4) is 0 Å². The fourth-order valence-electron chi connectivity index (χ4n) is 3.95. The number of carbonyl (C=O) groups excluding carboxylic acids is 1. The Bertz CT molecular complexity index is 722. The predicted molar refractivity (Wildman–Crippen MR) is 113 cm³/mol. The van der Waals surface area contributed by atoms with E-state index in [2.05, 4.69) is 13.5 Å². The van der Waals surface area contributed by atoms with Crippen molar-refractivity contribution < 1.29 is 19.7 Å². The second kappa shape index (κ2) is 9.81. The van der Waals surface area contributed by atoms with Gasteiger partial charge in [-0.15, -0.1) is 0 Å². The molecule has 1 aromatic carbocycles. The minimum atomic E-state index is -0.324. The van der Waals surface area contributed by atoms with Gasteiger partial charge in [0.2, 0.25) is 0 Å². The quantitative estimate of drug-likeness (QED) is 0.338. The van der Waals surface area contributed by atoms with Gasteiger partial charge in [0.15, 0.2) is 0 Å². The second-order valence-electron chi connectivity index (χ2n) is 8.17. The van der Waals surface area contributed by atoms with E-state index in [4.69, 9.17) is 4.74 Å². The van der Waals surface area contributed by atoms with E-state index >= 15 is 0 Å².